The molecule has 0 saturated heterocycles. The van der Waals surface area contributed by atoms with Crippen molar-refractivity contribution in [3.8, 4) is 0 Å². The third-order valence-corrected chi connectivity index (χ3v) is 3.44. The number of carbonyl (C=O) groups excluding carboxylic acids is 1. The smallest absolute Gasteiger partial charge is 0.219 e. The second-order valence-corrected chi connectivity index (χ2v) is 4.89. The second-order valence-electron chi connectivity index (χ2n) is 4.89. The van der Waals surface area contributed by atoms with E-state index in [1.165, 1.54) is 38.5 Å². The Balaban J connectivity index is 0.00000256. The molecule has 1 rings (SSSR count). The van der Waals surface area contributed by atoms with Crippen LogP contribution >= 0.6 is 12.4 Å². The minimum Gasteiger partial charge on any atom is -0.356 e. The lowest BCUT2D eigenvalue weighted by atomic mass is 9.86. The van der Waals surface area contributed by atoms with E-state index < -0.39 is 0 Å². The van der Waals surface area contributed by atoms with Gasteiger partial charge in [0.05, 0.1) is 0 Å². The number of halogens is 1. The molecule has 0 bridgehead atoms. The van der Waals surface area contributed by atoms with Crippen molar-refractivity contribution in [2.24, 2.45) is 11.7 Å². The van der Waals surface area contributed by atoms with Crippen LogP contribution in [0.15, 0.2) is 0 Å². The van der Waals surface area contributed by atoms with E-state index in [1.807, 2.05) is 0 Å². The van der Waals surface area contributed by atoms with Gasteiger partial charge in [-0.3, -0.25) is 4.79 Å². The topological polar surface area (TPSA) is 55.1 Å². The predicted octanol–water partition coefficient (Wildman–Crippen LogP) is 2.62. The Morgan fingerprint density at radius 2 is 1.88 bits per heavy atom. The molecule has 1 fully saturated rings. The van der Waals surface area contributed by atoms with Gasteiger partial charge < -0.3 is 11.1 Å². The molecule has 1 aliphatic rings. The van der Waals surface area contributed by atoms with Gasteiger partial charge in [0.15, 0.2) is 0 Å². The molecule has 0 aliphatic heterocycles. The highest BCUT2D eigenvalue weighted by atomic mass is 35.5. The molecule has 102 valence electrons. The van der Waals surface area contributed by atoms with Crippen LogP contribution in [0.3, 0.4) is 0 Å². The third-order valence-electron chi connectivity index (χ3n) is 3.44. The van der Waals surface area contributed by atoms with Crippen molar-refractivity contribution in [3.05, 3.63) is 0 Å². The van der Waals surface area contributed by atoms with E-state index in [0.29, 0.717) is 13.0 Å². The quantitative estimate of drug-likeness (QED) is 0.693. The maximum Gasteiger partial charge on any atom is 0.219 e. The van der Waals surface area contributed by atoms with Crippen LogP contribution in [0.5, 0.6) is 0 Å². The van der Waals surface area contributed by atoms with E-state index in [-0.39, 0.29) is 18.3 Å². The average Bonchev–Trinajstić information content (AvgIpc) is 2.31. The molecule has 17 heavy (non-hydrogen) atoms. The standard InChI is InChI=1S/C13H26N2O.ClH/c14-10-5-11-15-13(16)9-4-8-12-6-2-1-3-7-12;/h12H,1-11,14H2,(H,15,16);1H. The Morgan fingerprint density at radius 1 is 1.18 bits per heavy atom. The fourth-order valence-electron chi connectivity index (χ4n) is 2.45. The summed E-state index contributed by atoms with van der Waals surface area (Å²) >= 11 is 0. The molecule has 1 amide bonds. The Labute approximate surface area is 111 Å². The highest BCUT2D eigenvalue weighted by Crippen LogP contribution is 2.27. The second kappa shape index (κ2) is 10.8. The number of hydrogen-bond acceptors (Lipinski definition) is 2. The zero-order chi connectivity index (χ0) is 11.6. The fraction of sp³-hybridized carbons (Fsp3) is 0.923. The van der Waals surface area contributed by atoms with Gasteiger partial charge >= 0.3 is 0 Å². The van der Waals surface area contributed by atoms with E-state index in [2.05, 4.69) is 5.32 Å². The lowest BCUT2D eigenvalue weighted by Gasteiger charge is -2.21. The van der Waals surface area contributed by atoms with Crippen LogP contribution in [0, 0.1) is 5.92 Å². The molecule has 0 radical (unpaired) electrons. The van der Waals surface area contributed by atoms with E-state index in [9.17, 15) is 4.79 Å². The minimum absolute atomic E-state index is 0. The highest BCUT2D eigenvalue weighted by Gasteiger charge is 2.13. The summed E-state index contributed by atoms with van der Waals surface area (Å²) in [5.41, 5.74) is 5.36. The molecule has 0 aromatic rings. The van der Waals surface area contributed by atoms with Gasteiger partial charge in [0.1, 0.15) is 0 Å². The van der Waals surface area contributed by atoms with E-state index in [1.54, 1.807) is 0 Å². The van der Waals surface area contributed by atoms with Crippen LogP contribution in [-0.4, -0.2) is 19.0 Å². The van der Waals surface area contributed by atoms with Crippen molar-refractivity contribution in [3.63, 3.8) is 0 Å². The summed E-state index contributed by atoms with van der Waals surface area (Å²) in [6, 6.07) is 0. The molecule has 4 heteroatoms. The molecule has 0 atom stereocenters. The zero-order valence-electron chi connectivity index (χ0n) is 10.7. The van der Waals surface area contributed by atoms with E-state index in [0.717, 1.165) is 25.3 Å². The summed E-state index contributed by atoms with van der Waals surface area (Å²) in [6.45, 7) is 1.39. The first-order valence-corrected chi connectivity index (χ1v) is 6.79. The molecule has 1 aliphatic carbocycles. The summed E-state index contributed by atoms with van der Waals surface area (Å²) in [6.07, 6.45) is 10.8. The van der Waals surface area contributed by atoms with Crippen LogP contribution in [0.4, 0.5) is 0 Å². The van der Waals surface area contributed by atoms with Gasteiger partial charge in [-0.15, -0.1) is 12.4 Å². The van der Waals surface area contributed by atoms with Crippen LogP contribution in [0.25, 0.3) is 0 Å². The van der Waals surface area contributed by atoms with Gasteiger partial charge in [-0.1, -0.05) is 32.1 Å². The van der Waals surface area contributed by atoms with Crippen molar-refractivity contribution in [1.29, 1.82) is 0 Å². The zero-order valence-corrected chi connectivity index (χ0v) is 11.6. The SMILES string of the molecule is Cl.NCCCNC(=O)CCCC1CCCCC1. The summed E-state index contributed by atoms with van der Waals surface area (Å²) in [5, 5.41) is 2.90. The molecular formula is C13H27ClN2O. The first-order chi connectivity index (χ1) is 7.83. The van der Waals surface area contributed by atoms with Gasteiger partial charge in [-0.2, -0.15) is 0 Å². The Hall–Kier alpha value is -0.280. The van der Waals surface area contributed by atoms with Crippen LogP contribution in [-0.2, 0) is 4.79 Å². The van der Waals surface area contributed by atoms with Crippen LogP contribution < -0.4 is 11.1 Å². The van der Waals surface area contributed by atoms with Crippen molar-refractivity contribution >= 4 is 18.3 Å². The van der Waals surface area contributed by atoms with E-state index in [4.69, 9.17) is 5.73 Å². The Morgan fingerprint density at radius 3 is 2.53 bits per heavy atom. The first-order valence-electron chi connectivity index (χ1n) is 6.79. The molecule has 1 saturated carbocycles. The van der Waals surface area contributed by atoms with Gasteiger partial charge in [0.25, 0.3) is 0 Å². The highest BCUT2D eigenvalue weighted by molar-refractivity contribution is 5.85. The average molecular weight is 263 g/mol. The molecule has 0 spiro atoms. The maximum absolute atomic E-state index is 11.4. The van der Waals surface area contributed by atoms with Crippen molar-refractivity contribution in [2.75, 3.05) is 13.1 Å². The van der Waals surface area contributed by atoms with Crippen molar-refractivity contribution in [2.45, 2.75) is 57.8 Å². The monoisotopic (exact) mass is 262 g/mol. The summed E-state index contributed by atoms with van der Waals surface area (Å²) in [5.74, 6) is 1.09. The maximum atomic E-state index is 11.4. The number of carbonyl (C=O) groups is 1. The molecule has 3 nitrogen and oxygen atoms in total. The first kappa shape index (κ1) is 16.7. The Kier molecular flexibility index (Phi) is 10.7. The molecular weight excluding hydrogens is 236 g/mol. The number of nitrogens with two attached hydrogens (primary N) is 1. The lowest BCUT2D eigenvalue weighted by molar-refractivity contribution is -0.121. The third kappa shape index (κ3) is 8.44. The number of nitrogens with one attached hydrogen (secondary N) is 1. The lowest BCUT2D eigenvalue weighted by Crippen LogP contribution is -2.25. The molecule has 3 N–H and O–H groups in total. The fourth-order valence-corrected chi connectivity index (χ4v) is 2.45. The summed E-state index contributed by atoms with van der Waals surface area (Å²) in [7, 11) is 0. The molecule has 0 unspecified atom stereocenters. The number of hydrogen-bond donors (Lipinski definition) is 2. The normalized spacial score (nSPS) is 16.3. The predicted molar refractivity (Wildman–Crippen MR) is 74.4 cm³/mol. The number of amides is 1. The van der Waals surface area contributed by atoms with Crippen LogP contribution in [0.2, 0.25) is 0 Å². The van der Waals surface area contributed by atoms with Gasteiger partial charge in [0, 0.05) is 13.0 Å². The Bertz CT molecular complexity index is 194. The van der Waals surface area contributed by atoms with Crippen molar-refractivity contribution in [1.82, 2.24) is 5.32 Å². The molecule has 0 aromatic carbocycles. The van der Waals surface area contributed by atoms with E-state index >= 15 is 0 Å². The largest absolute Gasteiger partial charge is 0.356 e. The summed E-state index contributed by atoms with van der Waals surface area (Å²) < 4.78 is 0. The van der Waals surface area contributed by atoms with Crippen LogP contribution in [0.1, 0.15) is 57.8 Å². The van der Waals surface area contributed by atoms with Crippen molar-refractivity contribution < 1.29 is 4.79 Å². The van der Waals surface area contributed by atoms with Gasteiger partial charge in [0.2, 0.25) is 5.91 Å². The molecule has 0 heterocycles. The van der Waals surface area contributed by atoms with Gasteiger partial charge in [-0.25, -0.2) is 0 Å². The minimum atomic E-state index is 0. The number of rotatable bonds is 7. The van der Waals surface area contributed by atoms with Gasteiger partial charge in [-0.05, 0) is 31.7 Å². The summed E-state index contributed by atoms with van der Waals surface area (Å²) in [4.78, 5) is 11.4. The molecule has 0 aromatic heterocycles.